The van der Waals surface area contributed by atoms with Crippen molar-refractivity contribution >= 4 is 0 Å². The van der Waals surface area contributed by atoms with E-state index in [1.54, 1.807) is 0 Å². The highest BCUT2D eigenvalue weighted by atomic mass is 16.3. The maximum atomic E-state index is 11.3. The summed E-state index contributed by atoms with van der Waals surface area (Å²) >= 11 is 0. The first-order chi connectivity index (χ1) is 11.1. The van der Waals surface area contributed by atoms with E-state index in [-0.39, 0.29) is 0 Å². The lowest BCUT2D eigenvalue weighted by molar-refractivity contribution is -0.107. The Bertz CT molecular complexity index is 502. The molecule has 2 aliphatic heterocycles. The molecule has 0 aliphatic carbocycles. The zero-order valence-electron chi connectivity index (χ0n) is 14.7. The summed E-state index contributed by atoms with van der Waals surface area (Å²) in [6, 6.07) is 4.63. The van der Waals surface area contributed by atoms with E-state index in [9.17, 15) is 5.11 Å². The molecule has 0 unspecified atom stereocenters. The minimum Gasteiger partial charge on any atom is -0.387 e. The number of fused-ring (bicyclic) bond motifs is 1. The summed E-state index contributed by atoms with van der Waals surface area (Å²) in [5.41, 5.74) is 1.81. The van der Waals surface area contributed by atoms with Crippen LogP contribution in [0.1, 0.15) is 50.3 Å². The fraction of sp³-hybridized carbons (Fsp3) is 0.737. The number of aryl methyl sites for hydroxylation is 1. The molecule has 0 bridgehead atoms. The van der Waals surface area contributed by atoms with Gasteiger partial charge in [-0.15, -0.1) is 0 Å². The van der Waals surface area contributed by atoms with Crippen LogP contribution >= 0.6 is 0 Å². The van der Waals surface area contributed by atoms with Crippen molar-refractivity contribution in [3.05, 3.63) is 29.6 Å². The molecule has 1 N–H and O–H groups in total. The molecule has 3 heterocycles. The van der Waals surface area contributed by atoms with Crippen LogP contribution in [0.25, 0.3) is 0 Å². The monoisotopic (exact) mass is 317 g/mol. The molecule has 2 aliphatic rings. The smallest absolute Gasteiger partial charge is 0.0928 e. The van der Waals surface area contributed by atoms with Crippen LogP contribution < -0.4 is 0 Å². The first kappa shape index (κ1) is 16.9. The minimum absolute atomic E-state index is 0.350. The van der Waals surface area contributed by atoms with Crippen LogP contribution in [-0.2, 0) is 13.0 Å². The molecule has 2 atom stereocenters. The Hall–Kier alpha value is -0.970. The van der Waals surface area contributed by atoms with Gasteiger partial charge in [0.2, 0.25) is 0 Å². The maximum absolute atomic E-state index is 11.3. The minimum atomic E-state index is -0.559. The van der Waals surface area contributed by atoms with Crippen molar-refractivity contribution in [2.24, 2.45) is 0 Å². The van der Waals surface area contributed by atoms with Gasteiger partial charge in [-0.3, -0.25) is 14.8 Å². The molecule has 4 nitrogen and oxygen atoms in total. The molecule has 0 aromatic carbocycles. The van der Waals surface area contributed by atoms with Crippen molar-refractivity contribution in [1.29, 1.82) is 0 Å². The van der Waals surface area contributed by atoms with Gasteiger partial charge < -0.3 is 5.11 Å². The first-order valence-corrected chi connectivity index (χ1v) is 9.19. The predicted molar refractivity (Wildman–Crippen MR) is 93.3 cm³/mol. The lowest BCUT2D eigenvalue weighted by Gasteiger charge is -2.50. The van der Waals surface area contributed by atoms with Crippen LogP contribution in [0.2, 0.25) is 0 Å². The summed E-state index contributed by atoms with van der Waals surface area (Å²) in [6.45, 7) is 6.02. The molecular formula is C19H31N3O. The van der Waals surface area contributed by atoms with Crippen LogP contribution in [0.15, 0.2) is 18.3 Å². The lowest BCUT2D eigenvalue weighted by Crippen LogP contribution is -2.62. The van der Waals surface area contributed by atoms with Crippen LogP contribution in [0.5, 0.6) is 0 Å². The van der Waals surface area contributed by atoms with E-state index in [0.717, 1.165) is 57.6 Å². The molecule has 1 aromatic rings. The number of likely N-dealkylation sites (N-methyl/N-ethyl adjacent to an activating group) is 1. The van der Waals surface area contributed by atoms with Gasteiger partial charge >= 0.3 is 0 Å². The van der Waals surface area contributed by atoms with Crippen molar-refractivity contribution < 1.29 is 5.11 Å². The molecule has 4 heteroatoms. The summed E-state index contributed by atoms with van der Waals surface area (Å²) in [4.78, 5) is 9.32. The quantitative estimate of drug-likeness (QED) is 0.905. The number of hydrogen-bond donors (Lipinski definition) is 1. The van der Waals surface area contributed by atoms with E-state index >= 15 is 0 Å². The van der Waals surface area contributed by atoms with Gasteiger partial charge in [-0.05, 0) is 63.9 Å². The second kappa shape index (κ2) is 7.29. The SMILES string of the molecule is CCc1ccc(CN(C)C[C@]2(O)CCCN3CCCC[C@@H]32)nc1. The van der Waals surface area contributed by atoms with Crippen LogP contribution in [0.3, 0.4) is 0 Å². The molecule has 2 saturated heterocycles. The Morgan fingerprint density at radius 1 is 1.30 bits per heavy atom. The highest BCUT2D eigenvalue weighted by molar-refractivity contribution is 5.14. The van der Waals surface area contributed by atoms with Crippen molar-refractivity contribution in [1.82, 2.24) is 14.8 Å². The van der Waals surface area contributed by atoms with Crippen molar-refractivity contribution in [3.63, 3.8) is 0 Å². The standard InChI is InChI=1S/C19H31N3O/c1-3-16-8-9-17(20-13-16)14-21(2)15-19(23)10-6-12-22-11-5-4-7-18(19)22/h8-9,13,18,23H,3-7,10-12,14-15H2,1-2H3/t18-,19-/m1/s1. The van der Waals surface area contributed by atoms with Gasteiger partial charge in [0.1, 0.15) is 0 Å². The maximum Gasteiger partial charge on any atom is 0.0928 e. The summed E-state index contributed by atoms with van der Waals surface area (Å²) < 4.78 is 0. The summed E-state index contributed by atoms with van der Waals surface area (Å²) in [5, 5.41) is 11.3. The fourth-order valence-electron chi connectivity index (χ4n) is 4.36. The van der Waals surface area contributed by atoms with Gasteiger partial charge in [-0.25, -0.2) is 0 Å². The van der Waals surface area contributed by atoms with Crippen LogP contribution in [0, 0.1) is 0 Å². The molecule has 0 radical (unpaired) electrons. The molecule has 0 saturated carbocycles. The Kier molecular flexibility index (Phi) is 5.34. The number of pyridine rings is 1. The number of piperidine rings is 2. The van der Waals surface area contributed by atoms with E-state index in [1.807, 2.05) is 6.20 Å². The number of aliphatic hydroxyl groups is 1. The summed E-state index contributed by atoms with van der Waals surface area (Å²) in [5.74, 6) is 0. The molecule has 128 valence electrons. The lowest BCUT2D eigenvalue weighted by atomic mass is 9.79. The average molecular weight is 317 g/mol. The van der Waals surface area contributed by atoms with E-state index in [2.05, 4.69) is 40.9 Å². The second-order valence-electron chi connectivity index (χ2n) is 7.44. The third-order valence-corrected chi connectivity index (χ3v) is 5.56. The van der Waals surface area contributed by atoms with Gasteiger partial charge in [0.15, 0.2) is 0 Å². The van der Waals surface area contributed by atoms with Gasteiger partial charge in [0.25, 0.3) is 0 Å². The molecule has 0 spiro atoms. The summed E-state index contributed by atoms with van der Waals surface area (Å²) in [7, 11) is 2.11. The normalized spacial score (nSPS) is 28.8. The first-order valence-electron chi connectivity index (χ1n) is 9.19. The highest BCUT2D eigenvalue weighted by Crippen LogP contribution is 2.34. The van der Waals surface area contributed by atoms with Gasteiger partial charge in [-0.1, -0.05) is 19.4 Å². The molecular weight excluding hydrogens is 286 g/mol. The number of nitrogens with zero attached hydrogens (tertiary/aromatic N) is 3. The van der Waals surface area contributed by atoms with Gasteiger partial charge in [-0.2, -0.15) is 0 Å². The Balaban J connectivity index is 1.62. The highest BCUT2D eigenvalue weighted by Gasteiger charge is 2.44. The molecule has 23 heavy (non-hydrogen) atoms. The predicted octanol–water partition coefficient (Wildman–Crippen LogP) is 2.46. The second-order valence-corrected chi connectivity index (χ2v) is 7.44. The fourth-order valence-corrected chi connectivity index (χ4v) is 4.36. The van der Waals surface area contributed by atoms with E-state index in [4.69, 9.17) is 0 Å². The number of rotatable bonds is 5. The van der Waals surface area contributed by atoms with Crippen molar-refractivity contribution in [2.45, 2.75) is 63.6 Å². The van der Waals surface area contributed by atoms with E-state index in [0.29, 0.717) is 6.04 Å². The van der Waals surface area contributed by atoms with Gasteiger partial charge in [0.05, 0.1) is 11.3 Å². The molecule has 0 amide bonds. The van der Waals surface area contributed by atoms with Crippen LogP contribution in [-0.4, -0.2) is 58.2 Å². The largest absolute Gasteiger partial charge is 0.387 e. The molecule has 3 rings (SSSR count). The Morgan fingerprint density at radius 2 is 2.13 bits per heavy atom. The summed E-state index contributed by atoms with van der Waals surface area (Å²) in [6.07, 6.45) is 8.74. The number of aromatic nitrogens is 1. The van der Waals surface area contributed by atoms with E-state index in [1.165, 1.54) is 18.4 Å². The Labute approximate surface area is 140 Å². The molecule has 2 fully saturated rings. The third-order valence-electron chi connectivity index (χ3n) is 5.56. The molecule has 1 aromatic heterocycles. The van der Waals surface area contributed by atoms with Crippen molar-refractivity contribution in [2.75, 3.05) is 26.7 Å². The average Bonchev–Trinajstić information content (AvgIpc) is 2.56. The van der Waals surface area contributed by atoms with Crippen molar-refractivity contribution in [3.8, 4) is 0 Å². The van der Waals surface area contributed by atoms with Crippen LogP contribution in [0.4, 0.5) is 0 Å². The zero-order chi connectivity index (χ0) is 16.3. The van der Waals surface area contributed by atoms with E-state index < -0.39 is 5.60 Å². The topological polar surface area (TPSA) is 39.6 Å². The number of hydrogen-bond acceptors (Lipinski definition) is 4. The third kappa shape index (κ3) is 3.93. The van der Waals surface area contributed by atoms with Gasteiger partial charge in [0, 0.05) is 25.3 Å². The zero-order valence-corrected chi connectivity index (χ0v) is 14.7. The Morgan fingerprint density at radius 3 is 2.87 bits per heavy atom.